The summed E-state index contributed by atoms with van der Waals surface area (Å²) in [7, 11) is -3.39. The monoisotopic (exact) mass is 276 g/mol. The predicted molar refractivity (Wildman–Crippen MR) is 62.7 cm³/mol. The van der Waals surface area contributed by atoms with Gasteiger partial charge in [-0.3, -0.25) is 4.98 Å². The number of rotatable bonds is 1. The number of aromatic nitrogens is 2. The van der Waals surface area contributed by atoms with Gasteiger partial charge in [0.05, 0.1) is 16.7 Å². The minimum atomic E-state index is -3.39. The first-order chi connectivity index (χ1) is 7.38. The highest BCUT2D eigenvalue weighted by atomic mass is 35.5. The maximum absolute atomic E-state index is 11.3. The van der Waals surface area contributed by atoms with Gasteiger partial charge in [0.15, 0.2) is 14.9 Å². The lowest BCUT2D eigenvalue weighted by Crippen LogP contribution is -2.01. The number of hydrogen-bond donors (Lipinski definition) is 0. The summed E-state index contributed by atoms with van der Waals surface area (Å²) in [5.41, 5.74) is 0.791. The molecule has 2 aromatic rings. The Kier molecular flexibility index (Phi) is 2.77. The summed E-state index contributed by atoms with van der Waals surface area (Å²) in [4.78, 5) is 7.90. The molecule has 1 aromatic heterocycles. The van der Waals surface area contributed by atoms with Gasteiger partial charge in [0.1, 0.15) is 5.52 Å². The van der Waals surface area contributed by atoms with E-state index < -0.39 is 9.84 Å². The molecule has 7 heteroatoms. The predicted octanol–water partition coefficient (Wildman–Crippen LogP) is 2.34. The van der Waals surface area contributed by atoms with Crippen LogP contribution in [-0.2, 0) is 9.84 Å². The first-order valence-corrected chi connectivity index (χ1v) is 6.84. The molecule has 0 fully saturated rings. The number of nitrogens with zero attached hydrogens (tertiary/aromatic N) is 2. The molecule has 0 amide bonds. The van der Waals surface area contributed by atoms with Gasteiger partial charge < -0.3 is 0 Å². The first kappa shape index (κ1) is 11.6. The molecule has 1 aromatic carbocycles. The lowest BCUT2D eigenvalue weighted by Gasteiger charge is -2.02. The van der Waals surface area contributed by atoms with Gasteiger partial charge >= 0.3 is 0 Å². The van der Waals surface area contributed by atoms with Gasteiger partial charge in [0, 0.05) is 11.3 Å². The van der Waals surface area contributed by atoms with Crippen molar-refractivity contribution >= 4 is 44.1 Å². The van der Waals surface area contributed by atoms with Crippen molar-refractivity contribution in [2.45, 2.75) is 5.03 Å². The van der Waals surface area contributed by atoms with Crippen molar-refractivity contribution in [2.75, 3.05) is 6.26 Å². The van der Waals surface area contributed by atoms with Crippen LogP contribution in [0.2, 0.25) is 10.0 Å². The number of sulfone groups is 1. The van der Waals surface area contributed by atoms with Crippen LogP contribution in [-0.4, -0.2) is 24.6 Å². The van der Waals surface area contributed by atoms with Crippen LogP contribution in [0.3, 0.4) is 0 Å². The maximum atomic E-state index is 11.3. The van der Waals surface area contributed by atoms with Crippen LogP contribution < -0.4 is 0 Å². The fourth-order valence-electron chi connectivity index (χ4n) is 1.20. The van der Waals surface area contributed by atoms with E-state index in [0.29, 0.717) is 16.1 Å². The Balaban J connectivity index is 2.82. The molecule has 0 saturated carbocycles. The summed E-state index contributed by atoms with van der Waals surface area (Å²) >= 11 is 11.7. The van der Waals surface area contributed by atoms with Crippen molar-refractivity contribution in [3.63, 3.8) is 0 Å². The molecule has 0 spiro atoms. The summed E-state index contributed by atoms with van der Waals surface area (Å²) in [6.07, 6.45) is 2.25. The van der Waals surface area contributed by atoms with Crippen LogP contribution >= 0.6 is 23.2 Å². The fourth-order valence-corrected chi connectivity index (χ4v) is 2.23. The molecule has 0 atom stereocenters. The molecule has 16 heavy (non-hydrogen) atoms. The Labute approximate surface area is 102 Å². The van der Waals surface area contributed by atoms with E-state index in [0.717, 1.165) is 6.26 Å². The van der Waals surface area contributed by atoms with E-state index in [2.05, 4.69) is 9.97 Å². The summed E-state index contributed by atoms with van der Waals surface area (Å²) in [6.45, 7) is 0. The van der Waals surface area contributed by atoms with E-state index in [1.54, 1.807) is 6.07 Å². The molecule has 84 valence electrons. The van der Waals surface area contributed by atoms with Crippen molar-refractivity contribution in [3.05, 3.63) is 28.4 Å². The van der Waals surface area contributed by atoms with Crippen LogP contribution in [0.5, 0.6) is 0 Å². The number of fused-ring (bicyclic) bond motifs is 1. The van der Waals surface area contributed by atoms with E-state index in [1.807, 2.05) is 0 Å². The average Bonchev–Trinajstić information content (AvgIpc) is 2.15. The van der Waals surface area contributed by atoms with Crippen LogP contribution in [0.1, 0.15) is 0 Å². The third-order valence-corrected chi connectivity index (χ3v) is 3.39. The maximum Gasteiger partial charge on any atom is 0.194 e. The molecule has 4 nitrogen and oxygen atoms in total. The highest BCUT2D eigenvalue weighted by molar-refractivity contribution is 7.90. The van der Waals surface area contributed by atoms with Gasteiger partial charge in [-0.15, -0.1) is 0 Å². The highest BCUT2D eigenvalue weighted by Crippen LogP contribution is 2.25. The fraction of sp³-hybridized carbons (Fsp3) is 0.111. The number of hydrogen-bond acceptors (Lipinski definition) is 4. The smallest absolute Gasteiger partial charge is 0.194 e. The zero-order chi connectivity index (χ0) is 11.9. The van der Waals surface area contributed by atoms with Gasteiger partial charge in [-0.05, 0) is 12.1 Å². The molecule has 0 aliphatic rings. The first-order valence-electron chi connectivity index (χ1n) is 4.20. The van der Waals surface area contributed by atoms with Crippen LogP contribution in [0.15, 0.2) is 23.4 Å². The Morgan fingerprint density at radius 1 is 1.25 bits per heavy atom. The van der Waals surface area contributed by atoms with Crippen LogP contribution in [0, 0.1) is 0 Å². The molecule has 0 aliphatic heterocycles. The minimum Gasteiger partial charge on any atom is -0.251 e. The van der Waals surface area contributed by atoms with Crippen LogP contribution in [0.25, 0.3) is 11.0 Å². The molecular formula is C9H6Cl2N2O2S. The zero-order valence-electron chi connectivity index (χ0n) is 8.11. The summed E-state index contributed by atoms with van der Waals surface area (Å²) in [5, 5.41) is 0.601. The third-order valence-electron chi connectivity index (χ3n) is 1.92. The highest BCUT2D eigenvalue weighted by Gasteiger charge is 2.12. The standard InChI is InChI=1S/C9H6Cl2N2O2S/c1-16(14,15)8-4-12-7-3-5(10)2-6(11)9(7)13-8/h2-4H,1H3. The number of halogens is 2. The summed E-state index contributed by atoms with van der Waals surface area (Å²) in [6, 6.07) is 3.06. The van der Waals surface area contributed by atoms with E-state index in [4.69, 9.17) is 23.2 Å². The molecule has 0 aliphatic carbocycles. The quantitative estimate of drug-likeness (QED) is 0.802. The lowest BCUT2D eigenvalue weighted by molar-refractivity contribution is 0.598. The van der Waals surface area contributed by atoms with Gasteiger partial charge in [0.2, 0.25) is 0 Å². The van der Waals surface area contributed by atoms with Crippen LogP contribution in [0.4, 0.5) is 0 Å². The largest absolute Gasteiger partial charge is 0.251 e. The second kappa shape index (κ2) is 3.84. The Morgan fingerprint density at radius 2 is 1.94 bits per heavy atom. The molecule has 0 saturated heterocycles. The second-order valence-corrected chi connectivity index (χ2v) is 6.04. The van der Waals surface area contributed by atoms with E-state index in [9.17, 15) is 8.42 Å². The van der Waals surface area contributed by atoms with Gasteiger partial charge in [-0.1, -0.05) is 23.2 Å². The lowest BCUT2D eigenvalue weighted by atomic mass is 10.3. The molecule has 0 bridgehead atoms. The topological polar surface area (TPSA) is 59.9 Å². The van der Waals surface area contributed by atoms with Crippen molar-refractivity contribution < 1.29 is 8.42 Å². The summed E-state index contributed by atoms with van der Waals surface area (Å²) < 4.78 is 22.6. The Morgan fingerprint density at radius 3 is 2.56 bits per heavy atom. The van der Waals surface area contributed by atoms with E-state index in [-0.39, 0.29) is 10.0 Å². The molecule has 1 heterocycles. The van der Waals surface area contributed by atoms with Gasteiger partial charge in [-0.25, -0.2) is 13.4 Å². The average molecular weight is 277 g/mol. The Bertz CT molecular complexity index is 671. The third kappa shape index (κ3) is 2.11. The van der Waals surface area contributed by atoms with Crippen molar-refractivity contribution in [3.8, 4) is 0 Å². The van der Waals surface area contributed by atoms with Gasteiger partial charge in [-0.2, -0.15) is 0 Å². The molecular weight excluding hydrogens is 271 g/mol. The summed E-state index contributed by atoms with van der Waals surface area (Å²) in [5.74, 6) is 0. The molecule has 0 radical (unpaired) electrons. The Hall–Kier alpha value is -0.910. The van der Waals surface area contributed by atoms with Gasteiger partial charge in [0.25, 0.3) is 0 Å². The second-order valence-electron chi connectivity index (χ2n) is 3.24. The van der Waals surface area contributed by atoms with E-state index >= 15 is 0 Å². The van der Waals surface area contributed by atoms with Crippen molar-refractivity contribution in [1.82, 2.24) is 9.97 Å². The van der Waals surface area contributed by atoms with E-state index in [1.165, 1.54) is 12.3 Å². The number of benzene rings is 1. The zero-order valence-corrected chi connectivity index (χ0v) is 10.4. The molecule has 0 N–H and O–H groups in total. The molecule has 2 rings (SSSR count). The molecule has 0 unspecified atom stereocenters. The SMILES string of the molecule is CS(=O)(=O)c1cnc2cc(Cl)cc(Cl)c2n1. The normalized spacial score (nSPS) is 11.9. The van der Waals surface area contributed by atoms with Crippen molar-refractivity contribution in [1.29, 1.82) is 0 Å². The minimum absolute atomic E-state index is 0.107. The van der Waals surface area contributed by atoms with Crippen molar-refractivity contribution in [2.24, 2.45) is 0 Å².